The molecule has 0 aromatic heterocycles. The SMILES string of the molecule is CCNCC(OC(C)CC(C)C)c1cccc(F)c1. The minimum absolute atomic E-state index is 0.0931. The molecule has 1 N–H and O–H groups in total. The van der Waals surface area contributed by atoms with Gasteiger partial charge in [0.05, 0.1) is 12.2 Å². The molecule has 2 nitrogen and oxygen atoms in total. The van der Waals surface area contributed by atoms with E-state index in [1.807, 2.05) is 6.07 Å². The summed E-state index contributed by atoms with van der Waals surface area (Å²) in [6, 6.07) is 6.68. The fraction of sp³-hybridized carbons (Fsp3) is 0.625. The second-order valence-electron chi connectivity index (χ2n) is 5.43. The number of nitrogens with one attached hydrogen (secondary N) is 1. The number of rotatable bonds is 8. The highest BCUT2D eigenvalue weighted by Gasteiger charge is 2.16. The van der Waals surface area contributed by atoms with Gasteiger partial charge in [0.15, 0.2) is 0 Å². The number of hydrogen-bond donors (Lipinski definition) is 1. The first-order valence-electron chi connectivity index (χ1n) is 7.14. The zero-order valence-electron chi connectivity index (χ0n) is 12.4. The van der Waals surface area contributed by atoms with E-state index in [1.165, 1.54) is 6.07 Å². The second-order valence-corrected chi connectivity index (χ2v) is 5.43. The molecule has 1 rings (SSSR count). The Morgan fingerprint density at radius 3 is 2.58 bits per heavy atom. The van der Waals surface area contributed by atoms with Crippen LogP contribution in [0.3, 0.4) is 0 Å². The highest BCUT2D eigenvalue weighted by Crippen LogP contribution is 2.22. The predicted molar refractivity (Wildman–Crippen MR) is 77.7 cm³/mol. The van der Waals surface area contributed by atoms with Gasteiger partial charge < -0.3 is 10.1 Å². The van der Waals surface area contributed by atoms with Gasteiger partial charge in [-0.25, -0.2) is 4.39 Å². The molecule has 0 spiro atoms. The molecule has 0 aliphatic carbocycles. The number of halogens is 1. The van der Waals surface area contributed by atoms with Crippen LogP contribution in [-0.2, 0) is 4.74 Å². The van der Waals surface area contributed by atoms with Crippen molar-refractivity contribution in [2.24, 2.45) is 5.92 Å². The molecule has 0 radical (unpaired) electrons. The van der Waals surface area contributed by atoms with Gasteiger partial charge in [0, 0.05) is 6.54 Å². The molecule has 2 atom stereocenters. The van der Waals surface area contributed by atoms with Crippen LogP contribution in [0, 0.1) is 11.7 Å². The lowest BCUT2D eigenvalue weighted by atomic mass is 10.1. The normalized spacial score (nSPS) is 14.6. The number of hydrogen-bond acceptors (Lipinski definition) is 2. The van der Waals surface area contributed by atoms with Crippen molar-refractivity contribution in [2.45, 2.75) is 46.3 Å². The van der Waals surface area contributed by atoms with Crippen LogP contribution >= 0.6 is 0 Å². The third-order valence-electron chi connectivity index (χ3n) is 3.00. The van der Waals surface area contributed by atoms with E-state index in [4.69, 9.17) is 4.74 Å². The van der Waals surface area contributed by atoms with Gasteiger partial charge in [-0.1, -0.05) is 32.9 Å². The quantitative estimate of drug-likeness (QED) is 0.770. The standard InChI is InChI=1S/C16H26FNO/c1-5-18-11-16(19-13(4)9-12(2)3)14-7-6-8-15(17)10-14/h6-8,10,12-13,16,18H,5,9,11H2,1-4H3. The monoisotopic (exact) mass is 267 g/mol. The van der Waals surface area contributed by atoms with Gasteiger partial charge in [-0.2, -0.15) is 0 Å². The molecule has 108 valence electrons. The molecule has 19 heavy (non-hydrogen) atoms. The zero-order valence-corrected chi connectivity index (χ0v) is 12.4. The van der Waals surface area contributed by atoms with Crippen molar-refractivity contribution in [1.29, 1.82) is 0 Å². The molecule has 0 aliphatic rings. The first kappa shape index (κ1) is 16.1. The fourth-order valence-corrected chi connectivity index (χ4v) is 2.23. The summed E-state index contributed by atoms with van der Waals surface area (Å²) in [6.07, 6.45) is 1.09. The van der Waals surface area contributed by atoms with Gasteiger partial charge >= 0.3 is 0 Å². The maximum atomic E-state index is 13.3. The maximum Gasteiger partial charge on any atom is 0.123 e. The van der Waals surface area contributed by atoms with E-state index in [0.717, 1.165) is 18.5 Å². The van der Waals surface area contributed by atoms with Crippen LogP contribution in [0.2, 0.25) is 0 Å². The Hall–Kier alpha value is -0.930. The lowest BCUT2D eigenvalue weighted by Crippen LogP contribution is -2.26. The molecule has 2 unspecified atom stereocenters. The zero-order chi connectivity index (χ0) is 14.3. The largest absolute Gasteiger partial charge is 0.369 e. The van der Waals surface area contributed by atoms with Crippen molar-refractivity contribution >= 4 is 0 Å². The number of likely N-dealkylation sites (N-methyl/N-ethyl adjacent to an activating group) is 1. The number of ether oxygens (including phenoxy) is 1. The average molecular weight is 267 g/mol. The summed E-state index contributed by atoms with van der Waals surface area (Å²) in [7, 11) is 0. The van der Waals surface area contributed by atoms with Crippen molar-refractivity contribution in [1.82, 2.24) is 5.32 Å². The van der Waals surface area contributed by atoms with Crippen molar-refractivity contribution < 1.29 is 9.13 Å². The van der Waals surface area contributed by atoms with Crippen LogP contribution in [0.5, 0.6) is 0 Å². The molecular weight excluding hydrogens is 241 g/mol. The van der Waals surface area contributed by atoms with E-state index in [-0.39, 0.29) is 18.0 Å². The first-order valence-corrected chi connectivity index (χ1v) is 7.14. The van der Waals surface area contributed by atoms with E-state index < -0.39 is 0 Å². The Morgan fingerprint density at radius 1 is 1.26 bits per heavy atom. The Balaban J connectivity index is 2.71. The third-order valence-corrected chi connectivity index (χ3v) is 3.00. The van der Waals surface area contributed by atoms with Crippen LogP contribution in [0.1, 0.15) is 45.8 Å². The van der Waals surface area contributed by atoms with Gasteiger partial charge in [-0.3, -0.25) is 0 Å². The van der Waals surface area contributed by atoms with Gasteiger partial charge in [0.2, 0.25) is 0 Å². The molecule has 0 fully saturated rings. The third kappa shape index (κ3) is 6.17. The molecule has 0 saturated heterocycles. The summed E-state index contributed by atoms with van der Waals surface area (Å²) >= 11 is 0. The van der Waals surface area contributed by atoms with Crippen LogP contribution in [-0.4, -0.2) is 19.2 Å². The van der Waals surface area contributed by atoms with E-state index in [9.17, 15) is 4.39 Å². The van der Waals surface area contributed by atoms with Crippen LogP contribution in [0.25, 0.3) is 0 Å². The molecule has 0 aliphatic heterocycles. The fourth-order valence-electron chi connectivity index (χ4n) is 2.23. The van der Waals surface area contributed by atoms with Crippen molar-refractivity contribution in [3.8, 4) is 0 Å². The van der Waals surface area contributed by atoms with Crippen molar-refractivity contribution in [3.63, 3.8) is 0 Å². The summed E-state index contributed by atoms with van der Waals surface area (Å²) in [4.78, 5) is 0. The number of benzene rings is 1. The summed E-state index contributed by atoms with van der Waals surface area (Å²) in [5.41, 5.74) is 0.900. The molecule has 0 bridgehead atoms. The minimum atomic E-state index is -0.209. The van der Waals surface area contributed by atoms with Gasteiger partial charge in [-0.05, 0) is 43.5 Å². The van der Waals surface area contributed by atoms with Crippen LogP contribution in [0.4, 0.5) is 4.39 Å². The molecule has 1 aromatic carbocycles. The van der Waals surface area contributed by atoms with E-state index in [2.05, 4.69) is 33.0 Å². The second kappa shape index (κ2) is 8.28. The smallest absolute Gasteiger partial charge is 0.123 e. The summed E-state index contributed by atoms with van der Waals surface area (Å²) in [6.45, 7) is 10.1. The summed E-state index contributed by atoms with van der Waals surface area (Å²) < 4.78 is 19.4. The molecule has 3 heteroatoms. The highest BCUT2D eigenvalue weighted by molar-refractivity contribution is 5.19. The topological polar surface area (TPSA) is 21.3 Å². The van der Waals surface area contributed by atoms with Gasteiger partial charge in [0.25, 0.3) is 0 Å². The summed E-state index contributed by atoms with van der Waals surface area (Å²) in [5.74, 6) is 0.390. The predicted octanol–water partition coefficient (Wildman–Crippen LogP) is 3.93. The minimum Gasteiger partial charge on any atom is -0.369 e. The molecule has 0 heterocycles. The van der Waals surface area contributed by atoms with Crippen molar-refractivity contribution in [3.05, 3.63) is 35.6 Å². The Labute approximate surface area is 116 Å². The Bertz CT molecular complexity index is 368. The highest BCUT2D eigenvalue weighted by atomic mass is 19.1. The van der Waals surface area contributed by atoms with Crippen LogP contribution < -0.4 is 5.32 Å². The average Bonchev–Trinajstić information content (AvgIpc) is 2.33. The summed E-state index contributed by atoms with van der Waals surface area (Å²) in [5, 5.41) is 3.28. The lowest BCUT2D eigenvalue weighted by Gasteiger charge is -2.24. The first-order chi connectivity index (χ1) is 9.02. The maximum absolute atomic E-state index is 13.3. The van der Waals surface area contributed by atoms with Gasteiger partial charge in [0.1, 0.15) is 5.82 Å². The van der Waals surface area contributed by atoms with E-state index >= 15 is 0 Å². The molecular formula is C16H26FNO. The molecule has 0 amide bonds. The van der Waals surface area contributed by atoms with E-state index in [0.29, 0.717) is 12.5 Å². The van der Waals surface area contributed by atoms with Gasteiger partial charge in [-0.15, -0.1) is 0 Å². The van der Waals surface area contributed by atoms with Crippen LogP contribution in [0.15, 0.2) is 24.3 Å². The Morgan fingerprint density at radius 2 is 2.00 bits per heavy atom. The van der Waals surface area contributed by atoms with E-state index in [1.54, 1.807) is 12.1 Å². The molecule has 1 aromatic rings. The van der Waals surface area contributed by atoms with Crippen molar-refractivity contribution in [2.75, 3.05) is 13.1 Å². The lowest BCUT2D eigenvalue weighted by molar-refractivity contribution is -0.0125. The Kier molecular flexibility index (Phi) is 7.03. The molecule has 0 saturated carbocycles.